The summed E-state index contributed by atoms with van der Waals surface area (Å²) in [6.45, 7) is 5.23. The van der Waals surface area contributed by atoms with Crippen LogP contribution in [0.15, 0.2) is 46.9 Å². The first-order valence-electron chi connectivity index (χ1n) is 7.07. The molecule has 2 rings (SSSR count). The molecule has 112 valence electrons. The van der Waals surface area contributed by atoms with Crippen LogP contribution in [0, 0.1) is 5.82 Å². The minimum atomic E-state index is -0.365. The van der Waals surface area contributed by atoms with Crippen molar-refractivity contribution in [2.45, 2.75) is 26.3 Å². The number of para-hydroxylation sites is 1. The summed E-state index contributed by atoms with van der Waals surface area (Å²) in [4.78, 5) is 0. The van der Waals surface area contributed by atoms with E-state index in [-0.39, 0.29) is 17.6 Å². The summed E-state index contributed by atoms with van der Waals surface area (Å²) >= 11 is 3.56. The molecular weight excluding hydrogens is 333 g/mol. The molecule has 0 heterocycles. The Morgan fingerprint density at radius 2 is 2.00 bits per heavy atom. The molecule has 2 nitrogen and oxygen atoms in total. The van der Waals surface area contributed by atoms with Gasteiger partial charge in [0.05, 0.1) is 0 Å². The minimum absolute atomic E-state index is 0.231. The topological polar surface area (TPSA) is 21.3 Å². The molecule has 0 aliphatic carbocycles. The Kier molecular flexibility index (Phi) is 5.76. The van der Waals surface area contributed by atoms with Gasteiger partial charge in [0, 0.05) is 10.5 Å². The van der Waals surface area contributed by atoms with Crippen LogP contribution >= 0.6 is 15.9 Å². The first-order valence-corrected chi connectivity index (χ1v) is 7.86. The van der Waals surface area contributed by atoms with Crippen LogP contribution in [0.4, 0.5) is 4.39 Å². The lowest BCUT2D eigenvalue weighted by atomic mass is 10.1. The highest BCUT2D eigenvalue weighted by atomic mass is 79.9. The molecule has 2 aromatic rings. The zero-order valence-electron chi connectivity index (χ0n) is 12.2. The summed E-state index contributed by atoms with van der Waals surface area (Å²) in [5.41, 5.74) is 1.16. The van der Waals surface area contributed by atoms with Crippen molar-refractivity contribution in [3.63, 3.8) is 0 Å². The molecule has 0 bridgehead atoms. The molecule has 0 aliphatic rings. The largest absolute Gasteiger partial charge is 0.454 e. The highest BCUT2D eigenvalue weighted by molar-refractivity contribution is 9.10. The van der Waals surface area contributed by atoms with Crippen molar-refractivity contribution in [1.82, 2.24) is 5.32 Å². The van der Waals surface area contributed by atoms with E-state index in [2.05, 4.69) is 35.1 Å². The van der Waals surface area contributed by atoms with Crippen molar-refractivity contribution in [2.24, 2.45) is 0 Å². The highest BCUT2D eigenvalue weighted by Crippen LogP contribution is 2.31. The molecular formula is C17H19BrFNO. The number of benzene rings is 2. The van der Waals surface area contributed by atoms with E-state index >= 15 is 0 Å². The summed E-state index contributed by atoms with van der Waals surface area (Å²) in [6, 6.07) is 12.4. The molecule has 0 radical (unpaired) electrons. The smallest absolute Gasteiger partial charge is 0.165 e. The van der Waals surface area contributed by atoms with E-state index in [4.69, 9.17) is 4.74 Å². The normalized spacial score (nSPS) is 12.2. The van der Waals surface area contributed by atoms with Crippen LogP contribution in [0.2, 0.25) is 0 Å². The third kappa shape index (κ3) is 4.29. The second-order valence-electron chi connectivity index (χ2n) is 4.89. The fourth-order valence-corrected chi connectivity index (χ4v) is 2.75. The predicted octanol–water partition coefficient (Wildman–Crippen LogP) is 5.44. The van der Waals surface area contributed by atoms with Gasteiger partial charge in [-0.1, -0.05) is 41.1 Å². The lowest BCUT2D eigenvalue weighted by Gasteiger charge is -2.16. The van der Waals surface area contributed by atoms with E-state index in [1.807, 2.05) is 18.2 Å². The number of nitrogens with one attached hydrogen (secondary N) is 1. The Hall–Kier alpha value is -1.39. The molecule has 4 heteroatoms. The number of hydrogen-bond acceptors (Lipinski definition) is 2. The summed E-state index contributed by atoms with van der Waals surface area (Å²) in [5.74, 6) is 0.475. The van der Waals surface area contributed by atoms with Crippen molar-refractivity contribution < 1.29 is 9.13 Å². The third-order valence-electron chi connectivity index (χ3n) is 3.20. The first kappa shape index (κ1) is 16.0. The predicted molar refractivity (Wildman–Crippen MR) is 87.3 cm³/mol. The Morgan fingerprint density at radius 3 is 2.67 bits per heavy atom. The molecule has 1 N–H and O–H groups in total. The van der Waals surface area contributed by atoms with Crippen molar-refractivity contribution in [2.75, 3.05) is 6.54 Å². The molecule has 0 saturated heterocycles. The molecule has 1 unspecified atom stereocenters. The van der Waals surface area contributed by atoms with Crippen LogP contribution in [0.3, 0.4) is 0 Å². The molecule has 21 heavy (non-hydrogen) atoms. The van der Waals surface area contributed by atoms with E-state index in [0.29, 0.717) is 5.75 Å². The van der Waals surface area contributed by atoms with E-state index in [1.54, 1.807) is 18.2 Å². The average Bonchev–Trinajstić information content (AvgIpc) is 2.47. The number of rotatable bonds is 6. The summed E-state index contributed by atoms with van der Waals surface area (Å²) < 4.78 is 20.1. The van der Waals surface area contributed by atoms with Gasteiger partial charge in [0.25, 0.3) is 0 Å². The lowest BCUT2D eigenvalue weighted by Crippen LogP contribution is -2.19. The SMILES string of the molecule is CCCNC(C)c1ccc(Oc2ccccc2F)cc1Br. The van der Waals surface area contributed by atoms with Crippen LogP contribution in [0.1, 0.15) is 31.9 Å². The number of halogens is 2. The van der Waals surface area contributed by atoms with E-state index in [9.17, 15) is 4.39 Å². The van der Waals surface area contributed by atoms with Gasteiger partial charge >= 0.3 is 0 Å². The van der Waals surface area contributed by atoms with Gasteiger partial charge in [-0.15, -0.1) is 0 Å². The maximum absolute atomic E-state index is 13.6. The van der Waals surface area contributed by atoms with Crippen molar-refractivity contribution in [3.05, 3.63) is 58.3 Å². The maximum atomic E-state index is 13.6. The van der Waals surface area contributed by atoms with Crippen molar-refractivity contribution in [3.8, 4) is 11.5 Å². The fraction of sp³-hybridized carbons (Fsp3) is 0.294. The second kappa shape index (κ2) is 7.57. The van der Waals surface area contributed by atoms with Gasteiger partial charge in [0.15, 0.2) is 11.6 Å². The van der Waals surface area contributed by atoms with Gasteiger partial charge in [-0.3, -0.25) is 0 Å². The third-order valence-corrected chi connectivity index (χ3v) is 3.89. The van der Waals surface area contributed by atoms with Gasteiger partial charge in [-0.25, -0.2) is 4.39 Å². The second-order valence-corrected chi connectivity index (χ2v) is 5.75. The molecule has 0 aliphatic heterocycles. The van der Waals surface area contributed by atoms with E-state index < -0.39 is 0 Å². The Labute approximate surface area is 133 Å². The number of ether oxygens (including phenoxy) is 1. The molecule has 0 amide bonds. The lowest BCUT2D eigenvalue weighted by molar-refractivity contribution is 0.441. The van der Waals surface area contributed by atoms with Crippen LogP contribution in [-0.4, -0.2) is 6.54 Å². The molecule has 1 atom stereocenters. The van der Waals surface area contributed by atoms with Crippen LogP contribution in [-0.2, 0) is 0 Å². The summed E-state index contributed by atoms with van der Waals surface area (Å²) in [5, 5.41) is 3.44. The first-order chi connectivity index (χ1) is 10.1. The highest BCUT2D eigenvalue weighted by Gasteiger charge is 2.10. The van der Waals surface area contributed by atoms with E-state index in [0.717, 1.165) is 23.0 Å². The Balaban J connectivity index is 2.14. The molecule has 2 aromatic carbocycles. The Bertz CT molecular complexity index is 603. The van der Waals surface area contributed by atoms with Crippen molar-refractivity contribution in [1.29, 1.82) is 0 Å². The van der Waals surface area contributed by atoms with E-state index in [1.165, 1.54) is 6.07 Å². The standard InChI is InChI=1S/C17H19BrFNO/c1-3-10-20-12(2)14-9-8-13(11-15(14)18)21-17-7-5-4-6-16(17)19/h4-9,11-12,20H,3,10H2,1-2H3. The fourth-order valence-electron chi connectivity index (χ4n) is 2.05. The summed E-state index contributed by atoms with van der Waals surface area (Å²) in [7, 11) is 0. The van der Waals surface area contributed by atoms with Gasteiger partial charge < -0.3 is 10.1 Å². The Morgan fingerprint density at radius 1 is 1.24 bits per heavy atom. The summed E-state index contributed by atoms with van der Waals surface area (Å²) in [6.07, 6.45) is 1.09. The van der Waals surface area contributed by atoms with Gasteiger partial charge in [-0.05, 0) is 49.7 Å². The van der Waals surface area contributed by atoms with Crippen LogP contribution in [0.5, 0.6) is 11.5 Å². The molecule has 0 fully saturated rings. The minimum Gasteiger partial charge on any atom is -0.454 e. The van der Waals surface area contributed by atoms with Crippen LogP contribution < -0.4 is 10.1 Å². The molecule has 0 spiro atoms. The molecule has 0 saturated carbocycles. The van der Waals surface area contributed by atoms with Gasteiger partial charge in [0.1, 0.15) is 5.75 Å². The maximum Gasteiger partial charge on any atom is 0.165 e. The quantitative estimate of drug-likeness (QED) is 0.747. The monoisotopic (exact) mass is 351 g/mol. The average molecular weight is 352 g/mol. The zero-order chi connectivity index (χ0) is 15.2. The van der Waals surface area contributed by atoms with Gasteiger partial charge in [0.2, 0.25) is 0 Å². The number of hydrogen-bond donors (Lipinski definition) is 1. The zero-order valence-corrected chi connectivity index (χ0v) is 13.8. The van der Waals surface area contributed by atoms with Gasteiger partial charge in [-0.2, -0.15) is 0 Å². The van der Waals surface area contributed by atoms with Crippen LogP contribution in [0.25, 0.3) is 0 Å². The molecule has 0 aromatic heterocycles. The van der Waals surface area contributed by atoms with Crippen molar-refractivity contribution >= 4 is 15.9 Å².